The van der Waals surface area contributed by atoms with Crippen LogP contribution in [0, 0.1) is 11.3 Å². The summed E-state index contributed by atoms with van der Waals surface area (Å²) in [6.07, 6.45) is 4.13. The quantitative estimate of drug-likeness (QED) is 0.867. The van der Waals surface area contributed by atoms with Gasteiger partial charge in [-0.3, -0.25) is 4.79 Å². The van der Waals surface area contributed by atoms with Crippen molar-refractivity contribution in [3.8, 4) is 6.07 Å². The summed E-state index contributed by atoms with van der Waals surface area (Å²) in [7, 11) is 0. The average Bonchev–Trinajstić information content (AvgIpc) is 3.04. The summed E-state index contributed by atoms with van der Waals surface area (Å²) in [5, 5.41) is 13.1. The van der Waals surface area contributed by atoms with Crippen molar-refractivity contribution < 1.29 is 14.4 Å². The Bertz CT molecular complexity index is 625. The maximum atomic E-state index is 12.3. The van der Waals surface area contributed by atoms with Crippen molar-refractivity contribution in [2.24, 2.45) is 0 Å². The Labute approximate surface area is 141 Å². The zero-order chi connectivity index (χ0) is 16.4. The number of carbonyl (C=O) groups excluding carboxylic acids is 1. The molecule has 2 heterocycles. The van der Waals surface area contributed by atoms with E-state index in [9.17, 15) is 10.1 Å². The first-order chi connectivity index (χ1) is 11.1. The van der Waals surface area contributed by atoms with E-state index in [2.05, 4.69) is 25.2 Å². The second kappa shape index (κ2) is 7.00. The van der Waals surface area contributed by atoms with E-state index >= 15 is 0 Å². The van der Waals surface area contributed by atoms with Crippen LogP contribution in [-0.4, -0.2) is 37.7 Å². The SMILES string of the molecule is C[C@H]1C[NH+](CCC(=O)Nc2sc3c(c2C#N)CCC3)C[C@H](C)O1. The van der Waals surface area contributed by atoms with Crippen LogP contribution >= 0.6 is 11.3 Å². The van der Waals surface area contributed by atoms with Gasteiger partial charge in [0.15, 0.2) is 0 Å². The summed E-state index contributed by atoms with van der Waals surface area (Å²) in [5.74, 6) is 0.0146. The van der Waals surface area contributed by atoms with Gasteiger partial charge in [-0.25, -0.2) is 0 Å². The molecule has 0 spiro atoms. The summed E-state index contributed by atoms with van der Waals surface area (Å²) >= 11 is 1.58. The zero-order valence-electron chi connectivity index (χ0n) is 13.8. The van der Waals surface area contributed by atoms with Gasteiger partial charge >= 0.3 is 0 Å². The molecule has 3 rings (SSSR count). The largest absolute Gasteiger partial charge is 0.364 e. The van der Waals surface area contributed by atoms with E-state index in [1.54, 1.807) is 11.3 Å². The molecule has 1 saturated heterocycles. The van der Waals surface area contributed by atoms with Gasteiger partial charge < -0.3 is 15.0 Å². The van der Waals surface area contributed by atoms with E-state index < -0.39 is 0 Å². The van der Waals surface area contributed by atoms with Gasteiger partial charge in [-0.05, 0) is 38.7 Å². The molecular weight excluding hydrogens is 310 g/mol. The first kappa shape index (κ1) is 16.4. The maximum Gasteiger partial charge on any atom is 0.230 e. The topological polar surface area (TPSA) is 66.6 Å². The van der Waals surface area contributed by atoms with Gasteiger partial charge in [-0.2, -0.15) is 5.26 Å². The molecule has 0 aromatic carbocycles. The number of nitriles is 1. The van der Waals surface area contributed by atoms with Crippen LogP contribution in [0.3, 0.4) is 0 Å². The van der Waals surface area contributed by atoms with Crippen LogP contribution in [0.15, 0.2) is 0 Å². The maximum absolute atomic E-state index is 12.3. The number of ether oxygens (including phenoxy) is 1. The number of hydrogen-bond donors (Lipinski definition) is 2. The second-order valence-corrected chi connectivity index (χ2v) is 7.74. The van der Waals surface area contributed by atoms with Crippen molar-refractivity contribution in [3.63, 3.8) is 0 Å². The molecule has 2 atom stereocenters. The molecule has 1 fully saturated rings. The van der Waals surface area contributed by atoms with Crippen molar-refractivity contribution >= 4 is 22.2 Å². The minimum atomic E-state index is 0.0146. The van der Waals surface area contributed by atoms with Gasteiger partial charge in [0, 0.05) is 4.88 Å². The third-order valence-corrected chi connectivity index (χ3v) is 5.82. The van der Waals surface area contributed by atoms with Crippen LogP contribution in [0.4, 0.5) is 5.00 Å². The molecule has 0 unspecified atom stereocenters. The molecule has 0 saturated carbocycles. The normalized spacial score (nSPS) is 26.6. The molecule has 0 bridgehead atoms. The van der Waals surface area contributed by atoms with Gasteiger partial charge in [0.25, 0.3) is 0 Å². The van der Waals surface area contributed by atoms with Gasteiger partial charge in [0.2, 0.25) is 5.91 Å². The number of nitrogens with zero attached hydrogens (tertiary/aromatic N) is 1. The first-order valence-corrected chi connectivity index (χ1v) is 9.22. The summed E-state index contributed by atoms with van der Waals surface area (Å²) in [6.45, 7) is 6.89. The van der Waals surface area contributed by atoms with E-state index in [0.29, 0.717) is 12.0 Å². The van der Waals surface area contributed by atoms with Crippen LogP contribution < -0.4 is 10.2 Å². The van der Waals surface area contributed by atoms with Gasteiger partial charge in [-0.1, -0.05) is 0 Å². The number of anilines is 1. The van der Waals surface area contributed by atoms with Gasteiger partial charge in [-0.15, -0.1) is 11.3 Å². The monoisotopic (exact) mass is 334 g/mol. The summed E-state index contributed by atoms with van der Waals surface area (Å²) < 4.78 is 5.73. The number of thiophene rings is 1. The molecule has 23 heavy (non-hydrogen) atoms. The molecule has 1 amide bonds. The standard InChI is InChI=1S/C17H23N3O2S/c1-11-9-20(10-12(2)22-11)7-6-16(21)19-17-14(8-18)13-4-3-5-15(13)23-17/h11-12H,3-7,9-10H2,1-2H3,(H,19,21)/p+1/t11-,12-/m0/s1. The van der Waals surface area contributed by atoms with Crippen molar-refractivity contribution in [2.75, 3.05) is 25.0 Å². The lowest BCUT2D eigenvalue weighted by atomic mass is 10.1. The van der Waals surface area contributed by atoms with E-state index in [4.69, 9.17) is 4.74 Å². The van der Waals surface area contributed by atoms with Crippen molar-refractivity contribution in [2.45, 2.75) is 51.7 Å². The van der Waals surface area contributed by atoms with Crippen LogP contribution in [0.2, 0.25) is 0 Å². The number of fused-ring (bicyclic) bond motifs is 1. The molecule has 2 N–H and O–H groups in total. The highest BCUT2D eigenvalue weighted by atomic mass is 32.1. The lowest BCUT2D eigenvalue weighted by molar-refractivity contribution is -0.914. The van der Waals surface area contributed by atoms with E-state index in [1.807, 2.05) is 0 Å². The number of rotatable bonds is 4. The van der Waals surface area contributed by atoms with Gasteiger partial charge in [0.1, 0.15) is 36.4 Å². The number of carbonyl (C=O) groups is 1. The van der Waals surface area contributed by atoms with Crippen LogP contribution in [-0.2, 0) is 22.4 Å². The van der Waals surface area contributed by atoms with Crippen molar-refractivity contribution in [1.82, 2.24) is 0 Å². The minimum absolute atomic E-state index is 0.0146. The summed E-state index contributed by atoms with van der Waals surface area (Å²) in [4.78, 5) is 14.9. The Kier molecular flexibility index (Phi) is 5.00. The van der Waals surface area contributed by atoms with Crippen molar-refractivity contribution in [3.05, 3.63) is 16.0 Å². The molecule has 6 heteroatoms. The molecule has 1 aliphatic heterocycles. The molecule has 2 aliphatic rings. The molecule has 5 nitrogen and oxygen atoms in total. The zero-order valence-corrected chi connectivity index (χ0v) is 14.6. The fourth-order valence-corrected chi connectivity index (χ4v) is 4.94. The van der Waals surface area contributed by atoms with E-state index in [0.717, 1.165) is 49.5 Å². The Morgan fingerprint density at radius 3 is 2.83 bits per heavy atom. The van der Waals surface area contributed by atoms with E-state index in [-0.39, 0.29) is 18.1 Å². The van der Waals surface area contributed by atoms with E-state index in [1.165, 1.54) is 9.78 Å². The highest BCUT2D eigenvalue weighted by Crippen LogP contribution is 2.38. The Balaban J connectivity index is 1.55. The highest BCUT2D eigenvalue weighted by molar-refractivity contribution is 7.16. The third-order valence-electron chi connectivity index (χ3n) is 4.61. The van der Waals surface area contributed by atoms with Gasteiger partial charge in [0.05, 0.1) is 18.5 Å². The fraction of sp³-hybridized carbons (Fsp3) is 0.647. The Morgan fingerprint density at radius 1 is 1.39 bits per heavy atom. The Hall–Kier alpha value is -1.42. The van der Waals surface area contributed by atoms with Crippen LogP contribution in [0.25, 0.3) is 0 Å². The molecule has 124 valence electrons. The lowest BCUT2D eigenvalue weighted by Gasteiger charge is -2.32. The minimum Gasteiger partial charge on any atom is -0.364 e. The Morgan fingerprint density at radius 2 is 2.13 bits per heavy atom. The van der Waals surface area contributed by atoms with Crippen molar-refractivity contribution in [1.29, 1.82) is 5.26 Å². The molecule has 0 radical (unpaired) electrons. The van der Waals surface area contributed by atoms with Crippen LogP contribution in [0.1, 0.15) is 42.7 Å². The third kappa shape index (κ3) is 3.74. The highest BCUT2D eigenvalue weighted by Gasteiger charge is 2.26. The molecular formula is C17H24N3O2S+. The number of nitrogens with one attached hydrogen (secondary N) is 2. The molecule has 1 aliphatic carbocycles. The number of aryl methyl sites for hydroxylation is 1. The first-order valence-electron chi connectivity index (χ1n) is 8.40. The molecule has 1 aromatic rings. The number of hydrogen-bond acceptors (Lipinski definition) is 4. The predicted octanol–water partition coefficient (Wildman–Crippen LogP) is 1.13. The number of amides is 1. The summed E-state index contributed by atoms with van der Waals surface area (Å²) in [5.41, 5.74) is 1.85. The average molecular weight is 334 g/mol. The summed E-state index contributed by atoms with van der Waals surface area (Å²) in [6, 6.07) is 2.27. The number of quaternary nitrogens is 1. The predicted molar refractivity (Wildman–Crippen MR) is 89.9 cm³/mol. The second-order valence-electron chi connectivity index (χ2n) is 6.64. The number of morpholine rings is 1. The molecule has 1 aromatic heterocycles. The smallest absolute Gasteiger partial charge is 0.230 e. The fourth-order valence-electron chi connectivity index (χ4n) is 3.68. The van der Waals surface area contributed by atoms with Crippen LogP contribution in [0.5, 0.6) is 0 Å². The lowest BCUT2D eigenvalue weighted by Crippen LogP contribution is -3.15.